The van der Waals surface area contributed by atoms with Gasteiger partial charge < -0.3 is 15.5 Å². The number of rotatable bonds is 3. The minimum absolute atomic E-state index is 0.394. The third-order valence-electron chi connectivity index (χ3n) is 2.54. The minimum Gasteiger partial charge on any atom is -0.361 e. The number of carbonyl (C=O) groups is 1. The molecule has 0 radical (unpaired) electrons. The maximum absolute atomic E-state index is 11.1. The average molecular weight is 213 g/mol. The first-order chi connectivity index (χ1) is 7.72. The molecule has 1 aromatic carbocycles. The molecule has 1 heterocycles. The third-order valence-corrected chi connectivity index (χ3v) is 2.54. The molecule has 0 spiro atoms. The molecule has 16 heavy (non-hydrogen) atoms. The molecule has 0 aliphatic heterocycles. The SMILES string of the molecule is [C-]#[N+]C(=O)[C@@H](N)Cc1c[nH]c2ccccc12. The van der Waals surface area contributed by atoms with E-state index in [1.165, 1.54) is 0 Å². The molecule has 0 saturated carbocycles. The summed E-state index contributed by atoms with van der Waals surface area (Å²) in [7, 11) is 0. The highest BCUT2D eigenvalue weighted by atomic mass is 16.1. The smallest absolute Gasteiger partial charge is 0.361 e. The van der Waals surface area contributed by atoms with Gasteiger partial charge in [0.2, 0.25) is 0 Å². The molecule has 0 aliphatic rings. The quantitative estimate of drug-likeness (QED) is 0.758. The monoisotopic (exact) mass is 213 g/mol. The summed E-state index contributed by atoms with van der Waals surface area (Å²) < 4.78 is 0. The van der Waals surface area contributed by atoms with Crippen LogP contribution >= 0.6 is 0 Å². The number of aromatic nitrogens is 1. The van der Waals surface area contributed by atoms with Crippen LogP contribution in [0.25, 0.3) is 15.7 Å². The van der Waals surface area contributed by atoms with Gasteiger partial charge in [0.1, 0.15) is 0 Å². The summed E-state index contributed by atoms with van der Waals surface area (Å²) in [4.78, 5) is 17.0. The Morgan fingerprint density at radius 1 is 1.50 bits per heavy atom. The summed E-state index contributed by atoms with van der Waals surface area (Å²) in [5, 5.41) is 1.05. The van der Waals surface area contributed by atoms with Crippen LogP contribution in [0.1, 0.15) is 5.56 Å². The number of nitrogens with one attached hydrogen (secondary N) is 1. The third kappa shape index (κ3) is 1.81. The molecule has 0 fully saturated rings. The second-order valence-electron chi connectivity index (χ2n) is 3.62. The number of fused-ring (bicyclic) bond motifs is 1. The van der Waals surface area contributed by atoms with Gasteiger partial charge >= 0.3 is 5.91 Å². The molecule has 1 atom stereocenters. The number of nitrogens with zero attached hydrogens (tertiary/aromatic N) is 1. The van der Waals surface area contributed by atoms with E-state index in [0.29, 0.717) is 6.42 Å². The van der Waals surface area contributed by atoms with Gasteiger partial charge in [-0.1, -0.05) is 18.2 Å². The Hall–Kier alpha value is -2.12. The Labute approximate surface area is 92.9 Å². The molecule has 1 aromatic heterocycles. The van der Waals surface area contributed by atoms with Gasteiger partial charge in [-0.3, -0.25) is 0 Å². The van der Waals surface area contributed by atoms with Crippen molar-refractivity contribution in [3.05, 3.63) is 47.4 Å². The van der Waals surface area contributed by atoms with Crippen LogP contribution in [0.4, 0.5) is 0 Å². The fourth-order valence-electron chi connectivity index (χ4n) is 1.71. The molecular weight excluding hydrogens is 202 g/mol. The first kappa shape index (κ1) is 10.4. The molecule has 2 rings (SSSR count). The van der Waals surface area contributed by atoms with Crippen molar-refractivity contribution < 1.29 is 4.79 Å². The van der Waals surface area contributed by atoms with E-state index in [1.807, 2.05) is 30.5 Å². The molecule has 0 saturated heterocycles. The Kier molecular flexibility index (Phi) is 2.71. The minimum atomic E-state index is -0.739. The van der Waals surface area contributed by atoms with Gasteiger partial charge in [0.05, 0.1) is 12.6 Å². The maximum Gasteiger partial charge on any atom is 0.372 e. The van der Waals surface area contributed by atoms with Crippen molar-refractivity contribution >= 4 is 16.8 Å². The van der Waals surface area contributed by atoms with E-state index >= 15 is 0 Å². The highest BCUT2D eigenvalue weighted by Gasteiger charge is 2.15. The lowest BCUT2D eigenvalue weighted by Crippen LogP contribution is -2.30. The van der Waals surface area contributed by atoms with Crippen LogP contribution in [-0.4, -0.2) is 16.9 Å². The topological polar surface area (TPSA) is 63.2 Å². The van der Waals surface area contributed by atoms with Gasteiger partial charge in [0.15, 0.2) is 0 Å². The van der Waals surface area contributed by atoms with Crippen molar-refractivity contribution in [2.24, 2.45) is 5.73 Å². The predicted octanol–water partition coefficient (Wildman–Crippen LogP) is 1.48. The van der Waals surface area contributed by atoms with E-state index in [2.05, 4.69) is 9.83 Å². The number of carbonyl (C=O) groups excluding carboxylic acids is 1. The molecule has 4 heteroatoms. The van der Waals surface area contributed by atoms with Crippen LogP contribution in [0, 0.1) is 6.57 Å². The average Bonchev–Trinajstić information content (AvgIpc) is 2.72. The van der Waals surface area contributed by atoms with E-state index in [0.717, 1.165) is 16.5 Å². The normalized spacial score (nSPS) is 12.2. The molecule has 4 nitrogen and oxygen atoms in total. The van der Waals surface area contributed by atoms with Crippen LogP contribution in [-0.2, 0) is 11.2 Å². The lowest BCUT2D eigenvalue weighted by Gasteiger charge is -2.04. The second kappa shape index (κ2) is 4.17. The molecule has 2 aromatic rings. The lowest BCUT2D eigenvalue weighted by atomic mass is 10.1. The van der Waals surface area contributed by atoms with Gasteiger partial charge in [0, 0.05) is 17.1 Å². The molecule has 3 N–H and O–H groups in total. The van der Waals surface area contributed by atoms with E-state index in [-0.39, 0.29) is 0 Å². The van der Waals surface area contributed by atoms with Crippen LogP contribution in [0.2, 0.25) is 0 Å². The van der Waals surface area contributed by atoms with Crippen LogP contribution < -0.4 is 5.73 Å². The molecule has 80 valence electrons. The van der Waals surface area contributed by atoms with Crippen LogP contribution in [0.5, 0.6) is 0 Å². The first-order valence-corrected chi connectivity index (χ1v) is 4.94. The Morgan fingerprint density at radius 2 is 2.25 bits per heavy atom. The highest BCUT2D eigenvalue weighted by Crippen LogP contribution is 2.18. The van der Waals surface area contributed by atoms with Crippen molar-refractivity contribution in [1.29, 1.82) is 0 Å². The largest absolute Gasteiger partial charge is 0.372 e. The first-order valence-electron chi connectivity index (χ1n) is 4.94. The standard InChI is InChI=1S/C12H11N3O/c1-14-12(16)10(13)6-8-7-15-11-5-3-2-4-9(8)11/h2-5,7,10,15H,6,13H2/t10-/m0/s1. The Morgan fingerprint density at radius 3 is 3.00 bits per heavy atom. The highest BCUT2D eigenvalue weighted by molar-refractivity contribution is 5.91. The fraction of sp³-hybridized carbons (Fsp3) is 0.167. The number of aromatic amines is 1. The van der Waals surface area contributed by atoms with Gasteiger partial charge in [-0.15, -0.1) is 0 Å². The Balaban J connectivity index is 2.29. The van der Waals surface area contributed by atoms with Gasteiger partial charge in [-0.05, 0) is 18.1 Å². The van der Waals surface area contributed by atoms with Crippen molar-refractivity contribution in [1.82, 2.24) is 4.98 Å². The summed E-state index contributed by atoms with van der Waals surface area (Å²) in [5.41, 5.74) is 7.62. The van der Waals surface area contributed by atoms with Crippen molar-refractivity contribution in [3.8, 4) is 0 Å². The zero-order chi connectivity index (χ0) is 11.5. The van der Waals surface area contributed by atoms with Gasteiger partial charge in [0.25, 0.3) is 0 Å². The molecule has 1 amide bonds. The number of H-pyrrole nitrogens is 1. The van der Waals surface area contributed by atoms with E-state index < -0.39 is 11.9 Å². The second-order valence-corrected chi connectivity index (χ2v) is 3.62. The zero-order valence-electron chi connectivity index (χ0n) is 8.60. The number of para-hydroxylation sites is 1. The zero-order valence-corrected chi connectivity index (χ0v) is 8.60. The van der Waals surface area contributed by atoms with E-state index in [4.69, 9.17) is 12.3 Å². The molecular formula is C12H11N3O. The molecule has 0 aliphatic carbocycles. The maximum atomic E-state index is 11.1. The van der Waals surface area contributed by atoms with Crippen LogP contribution in [0.3, 0.4) is 0 Å². The summed E-state index contributed by atoms with van der Waals surface area (Å²) in [6, 6.07) is 7.06. The summed E-state index contributed by atoms with van der Waals surface area (Å²) in [6.45, 7) is 6.62. The Bertz CT molecular complexity index is 565. The number of amides is 1. The fourth-order valence-corrected chi connectivity index (χ4v) is 1.71. The summed E-state index contributed by atoms with van der Waals surface area (Å²) in [5.74, 6) is -0.592. The molecule has 0 bridgehead atoms. The summed E-state index contributed by atoms with van der Waals surface area (Å²) in [6.07, 6.45) is 2.23. The van der Waals surface area contributed by atoms with Gasteiger partial charge in [-0.25, -0.2) is 0 Å². The number of nitrogens with two attached hydrogens (primary N) is 1. The van der Waals surface area contributed by atoms with E-state index in [9.17, 15) is 4.79 Å². The number of hydrogen-bond donors (Lipinski definition) is 2. The van der Waals surface area contributed by atoms with E-state index in [1.54, 1.807) is 0 Å². The molecule has 0 unspecified atom stereocenters. The summed E-state index contributed by atoms with van der Waals surface area (Å²) >= 11 is 0. The van der Waals surface area contributed by atoms with Crippen molar-refractivity contribution in [2.45, 2.75) is 12.5 Å². The van der Waals surface area contributed by atoms with Gasteiger partial charge in [-0.2, -0.15) is 4.85 Å². The van der Waals surface area contributed by atoms with Crippen molar-refractivity contribution in [2.75, 3.05) is 0 Å². The van der Waals surface area contributed by atoms with Crippen molar-refractivity contribution in [3.63, 3.8) is 0 Å². The number of hydrogen-bond acceptors (Lipinski definition) is 2. The predicted molar refractivity (Wildman–Crippen MR) is 61.6 cm³/mol. The lowest BCUT2D eigenvalue weighted by molar-refractivity contribution is -0.115. The van der Waals surface area contributed by atoms with Crippen LogP contribution in [0.15, 0.2) is 30.5 Å². The number of benzene rings is 1.